The molecule has 1 heteroatoms. The van der Waals surface area contributed by atoms with Gasteiger partial charge in [0.1, 0.15) is 0 Å². The van der Waals surface area contributed by atoms with Crippen LogP contribution in [0.1, 0.15) is 40.5 Å². The summed E-state index contributed by atoms with van der Waals surface area (Å²) in [4.78, 5) is 4.27. The van der Waals surface area contributed by atoms with Gasteiger partial charge in [-0.2, -0.15) is 0 Å². The maximum atomic E-state index is 4.27. The van der Waals surface area contributed by atoms with Crippen molar-refractivity contribution >= 4 is 6.21 Å². The zero-order valence-corrected chi connectivity index (χ0v) is 11.5. The van der Waals surface area contributed by atoms with Gasteiger partial charge >= 0.3 is 0 Å². The molecule has 19 heavy (non-hydrogen) atoms. The third-order valence-electron chi connectivity index (χ3n) is 4.07. The molecule has 0 fully saturated rings. The Kier molecular flexibility index (Phi) is 3.20. The number of benzene rings is 2. The van der Waals surface area contributed by atoms with Crippen LogP contribution in [0.4, 0.5) is 0 Å². The van der Waals surface area contributed by atoms with Crippen molar-refractivity contribution in [2.75, 3.05) is 7.05 Å². The molecule has 0 N–H and O–H groups in total. The van der Waals surface area contributed by atoms with E-state index in [4.69, 9.17) is 0 Å². The molecule has 1 aliphatic carbocycles. The summed E-state index contributed by atoms with van der Waals surface area (Å²) in [6.45, 7) is 2.19. The smallest absolute Gasteiger partial charge is 0.0273 e. The van der Waals surface area contributed by atoms with E-state index in [-0.39, 0.29) is 0 Å². The molecule has 96 valence electrons. The molecule has 2 aromatic rings. The van der Waals surface area contributed by atoms with Crippen LogP contribution in [0, 0.1) is 6.92 Å². The van der Waals surface area contributed by atoms with Gasteiger partial charge in [-0.15, -0.1) is 0 Å². The predicted octanol–water partition coefficient (Wildman–Crippen LogP) is 4.31. The lowest BCUT2D eigenvalue weighted by molar-refractivity contribution is 0.759. The number of hydrogen-bond donors (Lipinski definition) is 0. The van der Waals surface area contributed by atoms with Crippen LogP contribution in [-0.2, 0) is 0 Å². The predicted molar refractivity (Wildman–Crippen MR) is 81.2 cm³/mol. The molecule has 1 nitrogen and oxygen atoms in total. The first kappa shape index (κ1) is 12.2. The Balaban J connectivity index is 1.82. The van der Waals surface area contributed by atoms with Crippen LogP contribution in [0.5, 0.6) is 0 Å². The van der Waals surface area contributed by atoms with E-state index in [0.717, 1.165) is 6.42 Å². The van der Waals surface area contributed by atoms with Crippen molar-refractivity contribution in [3.63, 3.8) is 0 Å². The minimum absolute atomic E-state index is 0.420. The molecule has 0 spiro atoms. The van der Waals surface area contributed by atoms with E-state index in [1.807, 2.05) is 7.05 Å². The van der Waals surface area contributed by atoms with Gasteiger partial charge in [-0.3, -0.25) is 0 Å². The Morgan fingerprint density at radius 2 is 1.68 bits per heavy atom. The summed E-state index contributed by atoms with van der Waals surface area (Å²) in [5.41, 5.74) is 5.80. The summed E-state index contributed by atoms with van der Waals surface area (Å²) in [6.07, 6.45) is 3.24. The SMILES string of the molecule is CN=CC(CC1c2ccccc21)c1ccccc1C. The molecule has 0 saturated carbocycles. The maximum absolute atomic E-state index is 4.27. The van der Waals surface area contributed by atoms with E-state index in [1.165, 1.54) is 22.3 Å². The van der Waals surface area contributed by atoms with Crippen LogP contribution in [0.15, 0.2) is 53.5 Å². The zero-order chi connectivity index (χ0) is 13.2. The van der Waals surface area contributed by atoms with Crippen molar-refractivity contribution in [1.29, 1.82) is 0 Å². The average Bonchev–Trinajstić information content (AvgIpc) is 3.13. The van der Waals surface area contributed by atoms with Gasteiger partial charge in [0, 0.05) is 25.1 Å². The van der Waals surface area contributed by atoms with Crippen molar-refractivity contribution in [3.05, 3.63) is 70.8 Å². The van der Waals surface area contributed by atoms with E-state index in [0.29, 0.717) is 11.8 Å². The van der Waals surface area contributed by atoms with Crippen molar-refractivity contribution in [2.45, 2.75) is 25.2 Å². The number of rotatable bonds is 4. The van der Waals surface area contributed by atoms with Gasteiger partial charge in [0.15, 0.2) is 0 Å². The first-order chi connectivity index (χ1) is 9.31. The highest BCUT2D eigenvalue weighted by atomic mass is 14.6. The number of fused-ring (bicyclic) bond motifs is 1. The molecule has 1 aliphatic rings. The van der Waals surface area contributed by atoms with Crippen LogP contribution >= 0.6 is 0 Å². The fraction of sp³-hybridized carbons (Fsp3) is 0.278. The van der Waals surface area contributed by atoms with Crippen LogP contribution in [0.2, 0.25) is 0 Å². The highest BCUT2D eigenvalue weighted by molar-refractivity contribution is 5.70. The van der Waals surface area contributed by atoms with Crippen LogP contribution in [-0.4, -0.2) is 13.3 Å². The van der Waals surface area contributed by atoms with Gasteiger partial charge in [0.25, 0.3) is 0 Å². The Morgan fingerprint density at radius 3 is 2.32 bits per heavy atom. The molecule has 3 rings (SSSR count). The summed E-state index contributed by atoms with van der Waals surface area (Å²) in [5, 5.41) is 0. The third kappa shape index (κ3) is 2.33. The first-order valence-corrected chi connectivity index (χ1v) is 6.88. The lowest BCUT2D eigenvalue weighted by Gasteiger charge is -2.14. The highest BCUT2D eigenvalue weighted by Gasteiger charge is 2.33. The molecule has 0 aromatic heterocycles. The van der Waals surface area contributed by atoms with Gasteiger partial charge in [-0.05, 0) is 35.6 Å². The van der Waals surface area contributed by atoms with Crippen LogP contribution in [0.25, 0.3) is 0 Å². The molecule has 2 aromatic carbocycles. The quantitative estimate of drug-likeness (QED) is 0.716. The summed E-state index contributed by atoms with van der Waals surface area (Å²) >= 11 is 0. The number of hydrogen-bond acceptors (Lipinski definition) is 1. The minimum atomic E-state index is 0.420. The summed E-state index contributed by atoms with van der Waals surface area (Å²) in [6, 6.07) is 17.4. The zero-order valence-electron chi connectivity index (χ0n) is 11.5. The lowest BCUT2D eigenvalue weighted by atomic mass is 9.90. The average molecular weight is 249 g/mol. The maximum Gasteiger partial charge on any atom is 0.0273 e. The Morgan fingerprint density at radius 1 is 1.05 bits per heavy atom. The first-order valence-electron chi connectivity index (χ1n) is 6.88. The molecule has 0 heterocycles. The van der Waals surface area contributed by atoms with Crippen LogP contribution < -0.4 is 0 Å². The standard InChI is InChI=1S/C18H19N/c1-13-7-3-4-8-15(13)14(12-19-2)11-18-16-9-5-6-10-17(16)18/h3-10,12,14,18H,11H2,1-2H3. The number of aryl methyl sites for hydroxylation is 1. The van der Waals surface area contributed by atoms with E-state index in [2.05, 4.69) is 66.7 Å². The van der Waals surface area contributed by atoms with E-state index in [1.54, 1.807) is 0 Å². The molecule has 0 aliphatic heterocycles. The number of aliphatic imine (C=N–C) groups is 1. The van der Waals surface area contributed by atoms with Gasteiger partial charge < -0.3 is 4.99 Å². The second kappa shape index (κ2) is 5.00. The summed E-state index contributed by atoms with van der Waals surface area (Å²) in [5.74, 6) is 1.06. The second-order valence-electron chi connectivity index (χ2n) is 5.29. The third-order valence-corrected chi connectivity index (χ3v) is 4.07. The van der Waals surface area contributed by atoms with E-state index >= 15 is 0 Å². The lowest BCUT2D eigenvalue weighted by Crippen LogP contribution is -2.03. The molecule has 1 atom stereocenters. The van der Waals surface area contributed by atoms with E-state index < -0.39 is 0 Å². The molecule has 0 bridgehead atoms. The van der Waals surface area contributed by atoms with Crippen molar-refractivity contribution < 1.29 is 0 Å². The van der Waals surface area contributed by atoms with Gasteiger partial charge in [0.2, 0.25) is 0 Å². The topological polar surface area (TPSA) is 12.4 Å². The molecule has 0 amide bonds. The summed E-state index contributed by atoms with van der Waals surface area (Å²) in [7, 11) is 1.87. The largest absolute Gasteiger partial charge is 0.300 e. The van der Waals surface area contributed by atoms with Crippen molar-refractivity contribution in [3.8, 4) is 0 Å². The van der Waals surface area contributed by atoms with Gasteiger partial charge in [-0.25, -0.2) is 0 Å². The highest BCUT2D eigenvalue weighted by Crippen LogP contribution is 2.48. The fourth-order valence-corrected chi connectivity index (χ4v) is 3.01. The molecule has 0 radical (unpaired) electrons. The second-order valence-corrected chi connectivity index (χ2v) is 5.29. The van der Waals surface area contributed by atoms with Crippen LogP contribution in [0.3, 0.4) is 0 Å². The van der Waals surface area contributed by atoms with Crippen molar-refractivity contribution in [2.24, 2.45) is 4.99 Å². The number of nitrogens with zero attached hydrogens (tertiary/aromatic N) is 1. The fourth-order valence-electron chi connectivity index (χ4n) is 3.01. The molecular formula is C18H19N. The monoisotopic (exact) mass is 249 g/mol. The molecule has 1 unspecified atom stereocenters. The van der Waals surface area contributed by atoms with Gasteiger partial charge in [0.05, 0.1) is 0 Å². The van der Waals surface area contributed by atoms with E-state index in [9.17, 15) is 0 Å². The van der Waals surface area contributed by atoms with Gasteiger partial charge in [-0.1, -0.05) is 48.5 Å². The Labute approximate surface area is 115 Å². The Hall–Kier alpha value is -1.89. The Bertz CT molecular complexity index is 590. The van der Waals surface area contributed by atoms with Crippen molar-refractivity contribution in [1.82, 2.24) is 0 Å². The normalized spacial score (nSPS) is 15.5. The molecular weight excluding hydrogens is 230 g/mol. The molecule has 0 saturated heterocycles. The minimum Gasteiger partial charge on any atom is -0.300 e. The summed E-state index contributed by atoms with van der Waals surface area (Å²) < 4.78 is 0.